The van der Waals surface area contributed by atoms with Gasteiger partial charge in [0.25, 0.3) is 0 Å². The summed E-state index contributed by atoms with van der Waals surface area (Å²) < 4.78 is 1.79. The molecule has 0 aliphatic heterocycles. The van der Waals surface area contributed by atoms with Gasteiger partial charge in [0, 0.05) is 25.9 Å². The number of nitrogens with one attached hydrogen (secondary N) is 1. The van der Waals surface area contributed by atoms with Gasteiger partial charge in [0.15, 0.2) is 0 Å². The molecule has 5 nitrogen and oxygen atoms in total. The van der Waals surface area contributed by atoms with E-state index < -0.39 is 0 Å². The van der Waals surface area contributed by atoms with E-state index in [0.717, 1.165) is 37.7 Å². The molecule has 0 saturated heterocycles. The number of aliphatic hydroxyl groups excluding tert-OH is 1. The van der Waals surface area contributed by atoms with E-state index in [-0.39, 0.29) is 6.61 Å². The summed E-state index contributed by atoms with van der Waals surface area (Å²) >= 11 is 0. The number of aliphatic hydroxyl groups is 1. The normalized spacial score (nSPS) is 16.1. The first-order valence-corrected chi connectivity index (χ1v) is 6.59. The van der Waals surface area contributed by atoms with Crippen molar-refractivity contribution < 1.29 is 5.11 Å². The number of hydrogen-bond acceptors (Lipinski definition) is 4. The average Bonchev–Trinajstić information content (AvgIpc) is 2.71. The summed E-state index contributed by atoms with van der Waals surface area (Å²) in [5.74, 6) is 0.961. The largest absolute Gasteiger partial charge is 0.396 e. The topological polar surface area (TPSA) is 63.0 Å². The molecule has 0 amide bonds. The third-order valence-corrected chi connectivity index (χ3v) is 3.39. The fourth-order valence-corrected chi connectivity index (χ4v) is 2.07. The molecule has 0 atom stereocenters. The highest BCUT2D eigenvalue weighted by Crippen LogP contribution is 2.28. The summed E-state index contributed by atoms with van der Waals surface area (Å²) in [6.07, 6.45) is 8.23. The van der Waals surface area contributed by atoms with Crippen LogP contribution in [0, 0.1) is 5.92 Å². The van der Waals surface area contributed by atoms with Gasteiger partial charge in [-0.15, -0.1) is 5.10 Å². The molecule has 2 rings (SSSR count). The van der Waals surface area contributed by atoms with Crippen LogP contribution in [0.3, 0.4) is 0 Å². The predicted octanol–water partition coefficient (Wildman–Crippen LogP) is 0.940. The molecule has 1 aromatic heterocycles. The van der Waals surface area contributed by atoms with Crippen LogP contribution in [0.25, 0.3) is 0 Å². The van der Waals surface area contributed by atoms with Gasteiger partial charge in [-0.3, -0.25) is 4.68 Å². The standard InChI is InChI=1S/C12H22N4O/c17-8-2-7-16-10-12(14-15-16)9-13-6-5-11-3-1-4-11/h10-11,13,17H,1-9H2. The Labute approximate surface area is 102 Å². The minimum Gasteiger partial charge on any atom is -0.396 e. The highest BCUT2D eigenvalue weighted by Gasteiger charge is 2.16. The number of rotatable bonds is 8. The summed E-state index contributed by atoms with van der Waals surface area (Å²) in [5.41, 5.74) is 0.983. The molecular weight excluding hydrogens is 216 g/mol. The van der Waals surface area contributed by atoms with Crippen LogP contribution in [-0.4, -0.2) is 33.3 Å². The van der Waals surface area contributed by atoms with Crippen molar-refractivity contribution in [2.45, 2.75) is 45.2 Å². The molecule has 0 radical (unpaired) electrons. The van der Waals surface area contributed by atoms with Gasteiger partial charge in [-0.1, -0.05) is 24.5 Å². The van der Waals surface area contributed by atoms with E-state index in [1.54, 1.807) is 4.68 Å². The SMILES string of the molecule is OCCCn1cc(CNCCC2CCC2)nn1. The van der Waals surface area contributed by atoms with Crippen molar-refractivity contribution in [3.8, 4) is 0 Å². The molecule has 2 N–H and O–H groups in total. The number of aryl methyl sites for hydroxylation is 1. The Morgan fingerprint density at radius 2 is 2.35 bits per heavy atom. The van der Waals surface area contributed by atoms with E-state index in [1.165, 1.54) is 25.7 Å². The molecule has 0 aromatic carbocycles. The minimum absolute atomic E-state index is 0.203. The van der Waals surface area contributed by atoms with Crippen molar-refractivity contribution in [1.82, 2.24) is 20.3 Å². The van der Waals surface area contributed by atoms with Crippen LogP contribution in [0.5, 0.6) is 0 Å². The molecule has 1 saturated carbocycles. The highest BCUT2D eigenvalue weighted by molar-refractivity contribution is 4.91. The summed E-state index contributed by atoms with van der Waals surface area (Å²) in [6, 6.07) is 0. The van der Waals surface area contributed by atoms with E-state index in [0.29, 0.717) is 0 Å². The lowest BCUT2D eigenvalue weighted by Crippen LogP contribution is -2.21. The van der Waals surface area contributed by atoms with Gasteiger partial charge in [-0.25, -0.2) is 0 Å². The van der Waals surface area contributed by atoms with Gasteiger partial charge in [0.1, 0.15) is 0 Å². The van der Waals surface area contributed by atoms with Crippen molar-refractivity contribution in [2.75, 3.05) is 13.2 Å². The van der Waals surface area contributed by atoms with Gasteiger partial charge in [-0.05, 0) is 25.3 Å². The fraction of sp³-hybridized carbons (Fsp3) is 0.833. The molecule has 0 bridgehead atoms. The van der Waals surface area contributed by atoms with Crippen molar-refractivity contribution >= 4 is 0 Å². The maximum Gasteiger partial charge on any atom is 0.0964 e. The van der Waals surface area contributed by atoms with Crippen LogP contribution < -0.4 is 5.32 Å². The minimum atomic E-state index is 0.203. The lowest BCUT2D eigenvalue weighted by Gasteiger charge is -2.25. The second-order valence-corrected chi connectivity index (χ2v) is 4.81. The smallest absolute Gasteiger partial charge is 0.0964 e. The number of aromatic nitrogens is 3. The van der Waals surface area contributed by atoms with Gasteiger partial charge >= 0.3 is 0 Å². The van der Waals surface area contributed by atoms with Crippen molar-refractivity contribution in [2.24, 2.45) is 5.92 Å². The van der Waals surface area contributed by atoms with Crippen molar-refractivity contribution in [3.63, 3.8) is 0 Å². The summed E-state index contributed by atoms with van der Waals surface area (Å²) in [6.45, 7) is 2.82. The quantitative estimate of drug-likeness (QED) is 0.662. The first-order valence-electron chi connectivity index (χ1n) is 6.59. The van der Waals surface area contributed by atoms with E-state index in [4.69, 9.17) is 5.11 Å². The molecule has 1 aliphatic carbocycles. The van der Waals surface area contributed by atoms with E-state index in [1.807, 2.05) is 6.20 Å². The lowest BCUT2D eigenvalue weighted by atomic mass is 9.83. The fourth-order valence-electron chi connectivity index (χ4n) is 2.07. The molecule has 1 aromatic rings. The van der Waals surface area contributed by atoms with Crippen molar-refractivity contribution in [3.05, 3.63) is 11.9 Å². The zero-order valence-electron chi connectivity index (χ0n) is 10.3. The summed E-state index contributed by atoms with van der Waals surface area (Å²) in [7, 11) is 0. The second-order valence-electron chi connectivity index (χ2n) is 4.81. The van der Waals surface area contributed by atoms with Crippen LogP contribution in [0.2, 0.25) is 0 Å². The maximum absolute atomic E-state index is 8.71. The molecule has 0 spiro atoms. The molecule has 5 heteroatoms. The molecule has 1 fully saturated rings. The Morgan fingerprint density at radius 3 is 3.06 bits per heavy atom. The molecule has 17 heavy (non-hydrogen) atoms. The highest BCUT2D eigenvalue weighted by atomic mass is 16.3. The molecule has 1 heterocycles. The first kappa shape index (κ1) is 12.5. The van der Waals surface area contributed by atoms with Crippen LogP contribution in [0.4, 0.5) is 0 Å². The van der Waals surface area contributed by atoms with Crippen LogP contribution in [0.1, 0.15) is 37.8 Å². The van der Waals surface area contributed by atoms with Crippen LogP contribution >= 0.6 is 0 Å². The van der Waals surface area contributed by atoms with Gasteiger partial charge in [0.2, 0.25) is 0 Å². The Kier molecular flexibility index (Phi) is 4.94. The maximum atomic E-state index is 8.71. The lowest BCUT2D eigenvalue weighted by molar-refractivity contribution is 0.276. The number of hydrogen-bond donors (Lipinski definition) is 2. The molecular formula is C12H22N4O. The van der Waals surface area contributed by atoms with Crippen LogP contribution in [-0.2, 0) is 13.1 Å². The summed E-state index contributed by atoms with van der Waals surface area (Å²) in [4.78, 5) is 0. The van der Waals surface area contributed by atoms with Crippen molar-refractivity contribution in [1.29, 1.82) is 0 Å². The van der Waals surface area contributed by atoms with Crippen LogP contribution in [0.15, 0.2) is 6.20 Å². The predicted molar refractivity (Wildman–Crippen MR) is 65.4 cm³/mol. The molecule has 0 unspecified atom stereocenters. The monoisotopic (exact) mass is 238 g/mol. The van der Waals surface area contributed by atoms with Gasteiger partial charge < -0.3 is 10.4 Å². The van der Waals surface area contributed by atoms with E-state index in [9.17, 15) is 0 Å². The average molecular weight is 238 g/mol. The zero-order chi connectivity index (χ0) is 11.9. The van der Waals surface area contributed by atoms with Gasteiger partial charge in [-0.2, -0.15) is 0 Å². The second kappa shape index (κ2) is 6.71. The Bertz CT molecular complexity index is 322. The molecule has 96 valence electrons. The Balaban J connectivity index is 1.59. The Hall–Kier alpha value is -0.940. The zero-order valence-corrected chi connectivity index (χ0v) is 10.3. The van der Waals surface area contributed by atoms with Gasteiger partial charge in [0.05, 0.1) is 5.69 Å². The third kappa shape index (κ3) is 4.09. The van der Waals surface area contributed by atoms with E-state index in [2.05, 4.69) is 15.6 Å². The Morgan fingerprint density at radius 1 is 1.47 bits per heavy atom. The third-order valence-electron chi connectivity index (χ3n) is 3.39. The first-order chi connectivity index (χ1) is 8.38. The van der Waals surface area contributed by atoms with E-state index >= 15 is 0 Å². The summed E-state index contributed by atoms with van der Waals surface area (Å²) in [5, 5.41) is 20.2. The molecule has 1 aliphatic rings. The number of nitrogens with zero attached hydrogens (tertiary/aromatic N) is 3.